The number of ether oxygens (including phenoxy) is 2. The van der Waals surface area contributed by atoms with Crippen molar-refractivity contribution in [3.05, 3.63) is 314 Å². The fourth-order valence-electron chi connectivity index (χ4n) is 9.90. The van der Waals surface area contributed by atoms with E-state index in [1.165, 1.54) is 111 Å². The third-order valence-electron chi connectivity index (χ3n) is 15.9. The topological polar surface area (TPSA) is 417 Å². The zero-order valence-electron chi connectivity index (χ0n) is 62.9. The highest BCUT2D eigenvalue weighted by atomic mass is 32.1. The number of hydrogen-bond donors (Lipinski definition) is 10. The molecule has 0 fully saturated rings. The summed E-state index contributed by atoms with van der Waals surface area (Å²) in [5.41, 5.74) is 11.8. The van der Waals surface area contributed by atoms with Crippen molar-refractivity contribution < 1.29 is 33.4 Å². The molecule has 5 aromatic carbocycles. The first kappa shape index (κ1) is 82.1. The fraction of sp³-hybridized carbons (Fsp3) is 0.125. The van der Waals surface area contributed by atoms with Crippen LogP contribution in [0.2, 0.25) is 0 Å². The second-order valence-corrected chi connectivity index (χ2v) is 29.1. The number of amides is 5. The van der Waals surface area contributed by atoms with Crippen LogP contribution in [0.15, 0.2) is 235 Å². The molecule has 0 spiro atoms. The molecule has 0 unspecified atom stereocenters. The molecule has 0 saturated carbocycles. The van der Waals surface area contributed by atoms with Crippen LogP contribution in [0.25, 0.3) is 0 Å². The number of fused-ring (bicyclic) bond motifs is 1. The quantitative estimate of drug-likeness (QED) is 0.0254. The van der Waals surface area contributed by atoms with Gasteiger partial charge in [-0.1, -0.05) is 125 Å². The second kappa shape index (κ2) is 42.5. The highest BCUT2D eigenvalue weighted by Crippen LogP contribution is 2.33. The lowest BCUT2D eigenvalue weighted by molar-refractivity contribution is 0.0939. The van der Waals surface area contributed by atoms with E-state index >= 15 is 0 Å². The molecule has 1 aliphatic rings. The van der Waals surface area contributed by atoms with E-state index in [-0.39, 0.29) is 36.3 Å². The summed E-state index contributed by atoms with van der Waals surface area (Å²) in [6.45, 7) is 10.6. The molecule has 10 aromatic heterocycles. The maximum Gasteiger partial charge on any atom is 0.271 e. The van der Waals surface area contributed by atoms with E-state index in [1.54, 1.807) is 88.2 Å². The van der Waals surface area contributed by atoms with Gasteiger partial charge in [0.2, 0.25) is 6.79 Å². The van der Waals surface area contributed by atoms with E-state index in [2.05, 4.69) is 128 Å². The van der Waals surface area contributed by atoms with Gasteiger partial charge in [-0.3, -0.25) is 24.0 Å². The van der Waals surface area contributed by atoms with E-state index in [0.29, 0.717) is 122 Å². The van der Waals surface area contributed by atoms with Crippen LogP contribution < -0.4 is 62.6 Å². The van der Waals surface area contributed by atoms with Gasteiger partial charge in [-0.05, 0) is 98.0 Å². The number of aryl methyl sites for hydroxylation is 4. The molecule has 0 saturated heterocycles. The van der Waals surface area contributed by atoms with Crippen molar-refractivity contribution in [2.45, 2.75) is 60.4 Å². The van der Waals surface area contributed by atoms with Gasteiger partial charge >= 0.3 is 0 Å². The largest absolute Gasteiger partial charge is 0.454 e. The van der Waals surface area contributed by atoms with Crippen LogP contribution in [-0.4, -0.2) is 111 Å². The molecule has 10 N–H and O–H groups in total. The molecule has 0 atom stereocenters. The monoisotopic (exact) mass is 1660 g/mol. The third-order valence-corrected chi connectivity index (χ3v) is 19.7. The van der Waals surface area contributed by atoms with Crippen LogP contribution in [0.5, 0.6) is 11.5 Å². The molecular formula is C80H73N25O7S5. The minimum Gasteiger partial charge on any atom is -0.454 e. The number of nitrogens with one attached hydrogen (secondary N) is 10. The zero-order valence-corrected chi connectivity index (χ0v) is 66.9. The number of thiazole rings is 5. The minimum absolute atomic E-state index is 0.196. The fourth-order valence-corrected chi connectivity index (χ4v) is 13.4. The number of hydrogen-bond acceptors (Lipinski definition) is 32. The minimum atomic E-state index is -0.246. The lowest BCUT2D eigenvalue weighted by atomic mass is 10.1. The first-order valence-electron chi connectivity index (χ1n) is 35.5. The van der Waals surface area contributed by atoms with E-state index in [0.717, 1.165) is 33.6 Å². The number of anilines is 10. The van der Waals surface area contributed by atoms with Gasteiger partial charge < -0.3 is 62.6 Å². The van der Waals surface area contributed by atoms with Gasteiger partial charge in [-0.15, -0.1) is 56.7 Å². The Morgan fingerprint density at radius 3 is 0.838 bits per heavy atom. The molecule has 15 aromatic rings. The summed E-state index contributed by atoms with van der Waals surface area (Å²) in [7, 11) is 0. The predicted molar refractivity (Wildman–Crippen MR) is 450 cm³/mol. The number of carbonyl (C=O) groups is 5. The Morgan fingerprint density at radius 1 is 0.299 bits per heavy atom. The first-order valence-corrected chi connectivity index (χ1v) is 39.9. The maximum atomic E-state index is 12.2. The average molecular weight is 1660 g/mol. The third kappa shape index (κ3) is 26.6. The summed E-state index contributed by atoms with van der Waals surface area (Å²) < 4.78 is 10.6. The van der Waals surface area contributed by atoms with Crippen LogP contribution >= 0.6 is 56.7 Å². The standard InChI is InChI=1S/C16H13N5O3S.4C16H15N5OS/c22-15(18-6-10-1-2-12-13(5-10)24-9-23-12)11-7-25-16(20-11)21-14-3-4-17-8-19-14;3*1-11-2-4-12(5-3-11)8-18-15(22)13-9-23-16(20-13)21-14-6-7-17-10-19-14;1-11-3-2-4-12(7-11)8-18-15(22)13-9-23-16(20-13)21-14-5-6-17-10-19-14/h1-5,7-8H,6,9H2,(H,18,22)(H,17,19,20,21);4*2-7,9-10H,8H2,1H3,(H,18,22)(H,17,19,20,21). The summed E-state index contributed by atoms with van der Waals surface area (Å²) in [5, 5.41) is 41.1. The van der Waals surface area contributed by atoms with Crippen LogP contribution in [0.1, 0.15) is 103 Å². The predicted octanol–water partition coefficient (Wildman–Crippen LogP) is 14.0. The molecule has 5 amide bonds. The van der Waals surface area contributed by atoms with Crippen LogP contribution in [-0.2, 0) is 32.7 Å². The van der Waals surface area contributed by atoms with E-state index in [9.17, 15) is 24.0 Å². The molecule has 37 heteroatoms. The van der Waals surface area contributed by atoms with Gasteiger partial charge in [0.1, 0.15) is 89.2 Å². The lowest BCUT2D eigenvalue weighted by Gasteiger charge is -2.05. The summed E-state index contributed by atoms with van der Waals surface area (Å²) >= 11 is 6.74. The van der Waals surface area contributed by atoms with Crippen LogP contribution in [0.4, 0.5) is 54.7 Å². The summed E-state index contributed by atoms with van der Waals surface area (Å²) in [5.74, 6) is 3.56. The van der Waals surface area contributed by atoms with Gasteiger partial charge in [-0.2, -0.15) is 0 Å². The zero-order chi connectivity index (χ0) is 81.3. The highest BCUT2D eigenvalue weighted by Gasteiger charge is 2.19. The van der Waals surface area contributed by atoms with E-state index in [1.807, 2.05) is 143 Å². The van der Waals surface area contributed by atoms with Gasteiger partial charge in [0.25, 0.3) is 29.5 Å². The number of nitrogens with zero attached hydrogens (tertiary/aromatic N) is 15. The molecule has 16 rings (SSSR count). The Bertz CT molecular complexity index is 5360. The van der Waals surface area contributed by atoms with Crippen molar-refractivity contribution in [1.82, 2.24) is 101 Å². The van der Waals surface area contributed by atoms with Gasteiger partial charge in [-0.25, -0.2) is 74.8 Å². The Labute approximate surface area is 690 Å². The molecule has 0 bridgehead atoms. The average Bonchev–Trinajstić information content (AvgIpc) is 1.72. The molecule has 0 radical (unpaired) electrons. The van der Waals surface area contributed by atoms with Crippen molar-refractivity contribution in [3.8, 4) is 11.5 Å². The maximum absolute atomic E-state index is 12.2. The lowest BCUT2D eigenvalue weighted by Crippen LogP contribution is -2.23. The summed E-state index contributed by atoms with van der Waals surface area (Å²) in [6.07, 6.45) is 15.4. The van der Waals surface area contributed by atoms with Gasteiger partial charge in [0.15, 0.2) is 37.2 Å². The van der Waals surface area contributed by atoms with Crippen molar-refractivity contribution in [2.75, 3.05) is 33.4 Å². The second-order valence-electron chi connectivity index (χ2n) is 24.8. The number of benzene rings is 5. The van der Waals surface area contributed by atoms with Crippen LogP contribution in [0.3, 0.4) is 0 Å². The van der Waals surface area contributed by atoms with E-state index < -0.39 is 0 Å². The van der Waals surface area contributed by atoms with Gasteiger partial charge in [0.05, 0.1) is 0 Å². The molecule has 11 heterocycles. The van der Waals surface area contributed by atoms with Crippen molar-refractivity contribution in [2.24, 2.45) is 0 Å². The number of carbonyl (C=O) groups excluding carboxylic acids is 5. The van der Waals surface area contributed by atoms with E-state index in [4.69, 9.17) is 9.47 Å². The molecular weight excluding hydrogens is 1580 g/mol. The SMILES string of the molecule is Cc1ccc(CNC(=O)c2csc(Nc3ccncn3)n2)cc1.Cc1ccc(CNC(=O)c2csc(Nc3ccncn3)n2)cc1.Cc1ccc(CNC(=O)c2csc(Nc3ccncn3)n2)cc1.Cc1cccc(CNC(=O)c2csc(Nc3ccncn3)n2)c1.O=C(NCc1ccc2c(c1)OCO2)c1csc(Nc2ccncn2)n1. The Hall–Kier alpha value is -14.4. The van der Waals surface area contributed by atoms with Crippen molar-refractivity contribution in [1.29, 1.82) is 0 Å². The van der Waals surface area contributed by atoms with Crippen molar-refractivity contribution in [3.63, 3.8) is 0 Å². The Balaban J connectivity index is 0.000000135. The molecule has 117 heavy (non-hydrogen) atoms. The Kier molecular flexibility index (Phi) is 29.8. The number of aromatic nitrogens is 15. The number of rotatable bonds is 25. The highest BCUT2D eigenvalue weighted by molar-refractivity contribution is 7.15. The molecule has 32 nitrogen and oxygen atoms in total. The van der Waals surface area contributed by atoms with Crippen molar-refractivity contribution >= 4 is 141 Å². The summed E-state index contributed by atoms with van der Waals surface area (Å²) in [6, 6.07) is 46.4. The normalized spacial score (nSPS) is 10.7. The van der Waals surface area contributed by atoms with Crippen LogP contribution in [0, 0.1) is 27.7 Å². The molecule has 0 aliphatic carbocycles. The summed E-state index contributed by atoms with van der Waals surface area (Å²) in [4.78, 5) is 122. The molecule has 1 aliphatic heterocycles. The smallest absolute Gasteiger partial charge is 0.271 e. The first-order chi connectivity index (χ1) is 57.1. The molecule has 590 valence electrons. The van der Waals surface area contributed by atoms with Gasteiger partial charge in [0, 0.05) is 90.6 Å². The Morgan fingerprint density at radius 2 is 0.564 bits per heavy atom.